The maximum atomic E-state index is 12.7. The van der Waals surface area contributed by atoms with E-state index < -0.39 is 0 Å². The van der Waals surface area contributed by atoms with Crippen molar-refractivity contribution in [1.82, 2.24) is 9.97 Å². The number of nitrogens with zero attached hydrogens (tertiary/aromatic N) is 4. The summed E-state index contributed by atoms with van der Waals surface area (Å²) in [7, 11) is 0. The number of fused-ring (bicyclic) bond motifs is 2. The largest absolute Gasteiger partial charge is 0.310 e. The van der Waals surface area contributed by atoms with Crippen molar-refractivity contribution in [3.63, 3.8) is 0 Å². The van der Waals surface area contributed by atoms with Gasteiger partial charge in [0, 0.05) is 34.3 Å². The molecule has 2 aromatic heterocycles. The topological polar surface area (TPSA) is 91.0 Å². The molecule has 0 aliphatic heterocycles. The van der Waals surface area contributed by atoms with E-state index in [4.69, 9.17) is 10.3 Å². The van der Waals surface area contributed by atoms with Gasteiger partial charge < -0.3 is 5.32 Å². The monoisotopic (exact) mass is 543 g/mol. The second-order valence-electron chi connectivity index (χ2n) is 10.4. The fourth-order valence-corrected chi connectivity index (χ4v) is 5.36. The standard InChI is InChI=1S/C36H25N5O/c37-21-27-18-30(27)36(42)41-34-20-26-17-25(28-15-16-38-32-14-8-7-13-29(28)32)19-33(31(26)22-39-34)40-35(23-9-3-1-4-10-23)24-11-5-2-6-12-24/h1-17,19-20,22,27,30H,18H2,(H,39,41,42)/t27-,30+/m0/s1. The highest BCUT2D eigenvalue weighted by molar-refractivity contribution is 6.15. The summed E-state index contributed by atoms with van der Waals surface area (Å²) in [5.74, 6) is -0.207. The van der Waals surface area contributed by atoms with Crippen LogP contribution in [-0.4, -0.2) is 21.6 Å². The molecule has 6 nitrogen and oxygen atoms in total. The molecule has 1 amide bonds. The number of nitriles is 1. The normalized spacial score (nSPS) is 15.6. The molecule has 0 unspecified atom stereocenters. The Morgan fingerprint density at radius 3 is 2.26 bits per heavy atom. The number of benzene rings is 4. The molecule has 1 saturated carbocycles. The predicted octanol–water partition coefficient (Wildman–Crippen LogP) is 7.72. The van der Waals surface area contributed by atoms with E-state index >= 15 is 0 Å². The van der Waals surface area contributed by atoms with Crippen LogP contribution in [-0.2, 0) is 4.79 Å². The second kappa shape index (κ2) is 10.7. The maximum absolute atomic E-state index is 12.7. The molecule has 0 radical (unpaired) electrons. The summed E-state index contributed by atoms with van der Waals surface area (Å²) in [5, 5.41) is 14.9. The van der Waals surface area contributed by atoms with Gasteiger partial charge in [-0.2, -0.15) is 5.26 Å². The van der Waals surface area contributed by atoms with E-state index in [1.54, 1.807) is 6.20 Å². The number of anilines is 1. The van der Waals surface area contributed by atoms with Gasteiger partial charge in [-0.15, -0.1) is 0 Å². The van der Waals surface area contributed by atoms with Crippen LogP contribution in [0.25, 0.3) is 32.8 Å². The summed E-state index contributed by atoms with van der Waals surface area (Å²) in [6, 6.07) is 38.6. The lowest BCUT2D eigenvalue weighted by atomic mass is 9.97. The van der Waals surface area contributed by atoms with Crippen LogP contribution in [0, 0.1) is 23.2 Å². The lowest BCUT2D eigenvalue weighted by Crippen LogP contribution is -2.15. The first-order valence-electron chi connectivity index (χ1n) is 13.9. The van der Waals surface area contributed by atoms with Crippen molar-refractivity contribution in [2.45, 2.75) is 6.42 Å². The number of nitrogens with one attached hydrogen (secondary N) is 1. The van der Waals surface area contributed by atoms with Crippen molar-refractivity contribution < 1.29 is 4.79 Å². The molecule has 2 atom stereocenters. The molecule has 7 rings (SSSR count). The number of aromatic nitrogens is 2. The highest BCUT2D eigenvalue weighted by Gasteiger charge is 2.43. The van der Waals surface area contributed by atoms with E-state index in [2.05, 4.69) is 63.8 Å². The lowest BCUT2D eigenvalue weighted by molar-refractivity contribution is -0.117. The Morgan fingerprint density at radius 1 is 0.833 bits per heavy atom. The van der Waals surface area contributed by atoms with Gasteiger partial charge in [0.2, 0.25) is 5.91 Å². The summed E-state index contributed by atoms with van der Waals surface area (Å²) in [5.41, 5.74) is 6.56. The van der Waals surface area contributed by atoms with Gasteiger partial charge in [0.1, 0.15) is 5.82 Å². The van der Waals surface area contributed by atoms with Crippen LogP contribution in [0.2, 0.25) is 0 Å². The van der Waals surface area contributed by atoms with Crippen molar-refractivity contribution in [3.05, 3.63) is 133 Å². The molecule has 1 N–H and O–H groups in total. The van der Waals surface area contributed by atoms with E-state index in [1.165, 1.54) is 0 Å². The van der Waals surface area contributed by atoms with E-state index in [9.17, 15) is 4.79 Å². The number of carbonyl (C=O) groups excluding carboxylic acids is 1. The van der Waals surface area contributed by atoms with Gasteiger partial charge in [0.25, 0.3) is 0 Å². The van der Waals surface area contributed by atoms with Gasteiger partial charge >= 0.3 is 0 Å². The summed E-state index contributed by atoms with van der Waals surface area (Å²) in [6.07, 6.45) is 4.18. The Kier molecular flexibility index (Phi) is 6.46. The third kappa shape index (κ3) is 4.89. The van der Waals surface area contributed by atoms with Gasteiger partial charge in [0.05, 0.1) is 34.8 Å². The molecule has 42 heavy (non-hydrogen) atoms. The number of para-hydroxylation sites is 1. The first-order chi connectivity index (χ1) is 20.7. The number of amides is 1. The van der Waals surface area contributed by atoms with E-state index in [0.717, 1.165) is 55.3 Å². The molecule has 1 fully saturated rings. The smallest absolute Gasteiger partial charge is 0.230 e. The first-order valence-corrected chi connectivity index (χ1v) is 13.9. The quantitative estimate of drug-likeness (QED) is 0.218. The van der Waals surface area contributed by atoms with E-state index in [-0.39, 0.29) is 17.7 Å². The summed E-state index contributed by atoms with van der Waals surface area (Å²) < 4.78 is 0. The van der Waals surface area contributed by atoms with Crippen molar-refractivity contribution in [1.29, 1.82) is 5.26 Å². The minimum Gasteiger partial charge on any atom is -0.310 e. The first kappa shape index (κ1) is 25.3. The molecule has 6 heteroatoms. The Labute approximate surface area is 243 Å². The molecule has 1 aliphatic carbocycles. The third-order valence-electron chi connectivity index (χ3n) is 7.65. The fourth-order valence-electron chi connectivity index (χ4n) is 5.36. The van der Waals surface area contributed by atoms with Gasteiger partial charge in [-0.05, 0) is 53.3 Å². The Bertz CT molecular complexity index is 1980. The maximum Gasteiger partial charge on any atom is 0.230 e. The van der Waals surface area contributed by atoms with Crippen LogP contribution in [0.4, 0.5) is 11.5 Å². The third-order valence-corrected chi connectivity index (χ3v) is 7.65. The molecule has 2 heterocycles. The number of pyridine rings is 2. The zero-order chi connectivity index (χ0) is 28.5. The lowest BCUT2D eigenvalue weighted by Gasteiger charge is -2.13. The zero-order valence-electron chi connectivity index (χ0n) is 22.6. The summed E-state index contributed by atoms with van der Waals surface area (Å²) in [4.78, 5) is 27.1. The molecule has 6 aromatic rings. The molecule has 4 aromatic carbocycles. The average Bonchev–Trinajstić information content (AvgIpc) is 3.84. The van der Waals surface area contributed by atoms with Crippen LogP contribution < -0.4 is 5.32 Å². The van der Waals surface area contributed by atoms with Crippen LogP contribution >= 0.6 is 0 Å². The van der Waals surface area contributed by atoms with Gasteiger partial charge in [0.15, 0.2) is 0 Å². The fraction of sp³-hybridized carbons (Fsp3) is 0.0833. The molecule has 0 bridgehead atoms. The molecule has 200 valence electrons. The molecule has 1 aliphatic rings. The molecular formula is C36H25N5O. The Balaban J connectivity index is 1.43. The van der Waals surface area contributed by atoms with Gasteiger partial charge in [-0.1, -0.05) is 78.9 Å². The minimum absolute atomic E-state index is 0.168. The zero-order valence-corrected chi connectivity index (χ0v) is 22.6. The van der Waals surface area contributed by atoms with Crippen molar-refractivity contribution >= 4 is 44.8 Å². The Morgan fingerprint density at radius 2 is 1.55 bits per heavy atom. The van der Waals surface area contributed by atoms with E-state index in [1.807, 2.05) is 72.9 Å². The number of hydrogen-bond donors (Lipinski definition) is 1. The summed E-state index contributed by atoms with van der Waals surface area (Å²) >= 11 is 0. The molecule has 0 spiro atoms. The van der Waals surface area contributed by atoms with Gasteiger partial charge in [-0.25, -0.2) is 9.98 Å². The van der Waals surface area contributed by atoms with Crippen molar-refractivity contribution in [2.75, 3.05) is 5.32 Å². The van der Waals surface area contributed by atoms with Crippen molar-refractivity contribution in [2.24, 2.45) is 16.8 Å². The number of hydrogen-bond acceptors (Lipinski definition) is 5. The van der Waals surface area contributed by atoms with Crippen LogP contribution in [0.3, 0.4) is 0 Å². The predicted molar refractivity (Wildman–Crippen MR) is 167 cm³/mol. The second-order valence-corrected chi connectivity index (χ2v) is 10.4. The average molecular weight is 544 g/mol. The highest BCUT2D eigenvalue weighted by atomic mass is 16.2. The minimum atomic E-state index is -0.276. The van der Waals surface area contributed by atoms with Crippen molar-refractivity contribution in [3.8, 4) is 17.2 Å². The molecule has 0 saturated heterocycles. The van der Waals surface area contributed by atoms with Crippen LogP contribution in [0.5, 0.6) is 0 Å². The SMILES string of the molecule is N#C[C@@H]1C[C@H]1C(=O)Nc1cc2cc(-c3ccnc4ccccc34)cc(N=C(c3ccccc3)c3ccccc3)c2cn1. The van der Waals surface area contributed by atoms with Gasteiger partial charge in [-0.3, -0.25) is 9.78 Å². The number of carbonyl (C=O) groups is 1. The van der Waals surface area contributed by atoms with E-state index in [0.29, 0.717) is 12.2 Å². The number of aliphatic imine (C=N–C) groups is 1. The summed E-state index contributed by atoms with van der Waals surface area (Å²) in [6.45, 7) is 0. The molecular weight excluding hydrogens is 518 g/mol. The van der Waals surface area contributed by atoms with Crippen LogP contribution in [0.15, 0.2) is 127 Å². The Hall–Kier alpha value is -5.67. The highest BCUT2D eigenvalue weighted by Crippen LogP contribution is 2.39. The number of rotatable bonds is 6. The van der Waals surface area contributed by atoms with Crippen LogP contribution in [0.1, 0.15) is 17.5 Å².